The zero-order chi connectivity index (χ0) is 18.8. The van der Waals surface area contributed by atoms with Gasteiger partial charge in [0.15, 0.2) is 16.4 Å². The lowest BCUT2D eigenvalue weighted by Gasteiger charge is -2.24. The van der Waals surface area contributed by atoms with E-state index < -0.39 is 22.4 Å². The minimum atomic E-state index is -3.38. The van der Waals surface area contributed by atoms with Gasteiger partial charge in [0.1, 0.15) is 5.75 Å². The first-order chi connectivity index (χ1) is 11.6. The van der Waals surface area contributed by atoms with Crippen LogP contribution in [-0.4, -0.2) is 39.4 Å². The van der Waals surface area contributed by atoms with Crippen molar-refractivity contribution in [1.29, 1.82) is 0 Å². The van der Waals surface area contributed by atoms with E-state index in [0.717, 1.165) is 6.26 Å². The average molecular weight is 404 g/mol. The number of carboxylic acid groups (broad SMARTS) is 1. The summed E-state index contributed by atoms with van der Waals surface area (Å²) >= 11 is 12.3. The molecule has 9 heteroatoms. The van der Waals surface area contributed by atoms with Crippen LogP contribution in [0.4, 0.5) is 11.4 Å². The number of hydrogen-bond acceptors (Lipinski definition) is 5. The van der Waals surface area contributed by atoms with Crippen molar-refractivity contribution in [3.63, 3.8) is 0 Å². The Morgan fingerprint density at radius 2 is 1.84 bits per heavy atom. The van der Waals surface area contributed by atoms with Gasteiger partial charge in [-0.15, -0.1) is 0 Å². The van der Waals surface area contributed by atoms with E-state index in [-0.39, 0.29) is 9.92 Å². The van der Waals surface area contributed by atoms with E-state index in [1.54, 1.807) is 36.2 Å². The molecule has 2 aromatic rings. The van der Waals surface area contributed by atoms with Crippen LogP contribution < -0.4 is 9.64 Å². The summed E-state index contributed by atoms with van der Waals surface area (Å²) < 4.78 is 28.5. The highest BCUT2D eigenvalue weighted by Crippen LogP contribution is 2.38. The summed E-state index contributed by atoms with van der Waals surface area (Å²) in [5.74, 6) is -0.809. The van der Waals surface area contributed by atoms with Crippen molar-refractivity contribution in [2.45, 2.75) is 4.90 Å². The quantitative estimate of drug-likeness (QED) is 0.792. The molecule has 0 aromatic heterocycles. The van der Waals surface area contributed by atoms with Crippen molar-refractivity contribution in [3.8, 4) is 5.75 Å². The fraction of sp³-hybridized carbons (Fsp3) is 0.188. The third-order valence-electron chi connectivity index (χ3n) is 3.34. The van der Waals surface area contributed by atoms with E-state index in [1.807, 2.05) is 0 Å². The maximum Gasteiger partial charge on any atom is 0.341 e. The van der Waals surface area contributed by atoms with E-state index in [4.69, 9.17) is 33.0 Å². The lowest BCUT2D eigenvalue weighted by molar-refractivity contribution is -0.139. The molecule has 2 rings (SSSR count). The number of carboxylic acids is 1. The molecule has 0 saturated carbocycles. The van der Waals surface area contributed by atoms with Crippen LogP contribution in [0.25, 0.3) is 0 Å². The molecule has 2 aromatic carbocycles. The molecule has 1 N–H and O–H groups in total. The second-order valence-corrected chi connectivity index (χ2v) is 8.10. The fourth-order valence-corrected chi connectivity index (χ4v) is 3.32. The number of anilines is 2. The Kier molecular flexibility index (Phi) is 5.82. The maximum absolute atomic E-state index is 11.6. The van der Waals surface area contributed by atoms with Gasteiger partial charge in [-0.3, -0.25) is 0 Å². The molecule has 0 unspecified atom stereocenters. The van der Waals surface area contributed by atoms with Crippen LogP contribution in [0.2, 0.25) is 10.0 Å². The molecule has 0 aliphatic carbocycles. The Bertz CT molecular complexity index is 915. The third-order valence-corrected chi connectivity index (χ3v) is 4.99. The smallest absolute Gasteiger partial charge is 0.341 e. The predicted octanol–water partition coefficient (Wildman–Crippen LogP) is 3.63. The molecule has 0 saturated heterocycles. The van der Waals surface area contributed by atoms with Crippen LogP contribution in [0.1, 0.15) is 0 Å². The van der Waals surface area contributed by atoms with Crippen LogP contribution in [-0.2, 0) is 14.6 Å². The molecule has 0 bridgehead atoms. The van der Waals surface area contributed by atoms with E-state index in [1.165, 1.54) is 12.1 Å². The summed E-state index contributed by atoms with van der Waals surface area (Å²) in [5.41, 5.74) is 0.999. The number of rotatable bonds is 6. The highest BCUT2D eigenvalue weighted by Gasteiger charge is 2.17. The van der Waals surface area contributed by atoms with Gasteiger partial charge < -0.3 is 14.7 Å². The van der Waals surface area contributed by atoms with Crippen LogP contribution in [0.3, 0.4) is 0 Å². The first-order valence-electron chi connectivity index (χ1n) is 6.97. The number of halogens is 2. The maximum atomic E-state index is 11.6. The minimum Gasteiger partial charge on any atom is -0.480 e. The van der Waals surface area contributed by atoms with Crippen LogP contribution in [0, 0.1) is 0 Å². The summed E-state index contributed by atoms with van der Waals surface area (Å²) in [6.07, 6.45) is 1.09. The molecular formula is C16H15Cl2NO5S. The van der Waals surface area contributed by atoms with Crippen molar-refractivity contribution in [2.24, 2.45) is 0 Å². The monoisotopic (exact) mass is 403 g/mol. The lowest BCUT2D eigenvalue weighted by Crippen LogP contribution is -2.15. The zero-order valence-electron chi connectivity index (χ0n) is 13.4. The summed E-state index contributed by atoms with van der Waals surface area (Å²) in [5, 5.41) is 9.43. The van der Waals surface area contributed by atoms with Gasteiger partial charge in [0.2, 0.25) is 0 Å². The first kappa shape index (κ1) is 19.4. The van der Waals surface area contributed by atoms with E-state index >= 15 is 0 Å². The first-order valence-corrected chi connectivity index (χ1v) is 9.62. The van der Waals surface area contributed by atoms with Gasteiger partial charge in [0.25, 0.3) is 0 Å². The second-order valence-electron chi connectivity index (χ2n) is 5.24. The molecule has 0 atom stereocenters. The van der Waals surface area contributed by atoms with E-state index in [0.29, 0.717) is 22.1 Å². The molecule has 0 aliphatic rings. The van der Waals surface area contributed by atoms with Crippen molar-refractivity contribution < 1.29 is 23.1 Å². The van der Waals surface area contributed by atoms with Gasteiger partial charge in [-0.05, 0) is 36.4 Å². The van der Waals surface area contributed by atoms with E-state index in [9.17, 15) is 13.2 Å². The van der Waals surface area contributed by atoms with Gasteiger partial charge in [0.05, 0.1) is 21.3 Å². The number of benzene rings is 2. The molecule has 0 fully saturated rings. The largest absolute Gasteiger partial charge is 0.480 e. The summed E-state index contributed by atoms with van der Waals surface area (Å²) in [6, 6.07) is 9.07. The van der Waals surface area contributed by atoms with Gasteiger partial charge in [-0.1, -0.05) is 23.2 Å². The highest BCUT2D eigenvalue weighted by molar-refractivity contribution is 7.90. The summed E-state index contributed by atoms with van der Waals surface area (Å²) in [4.78, 5) is 12.5. The Morgan fingerprint density at radius 1 is 1.16 bits per heavy atom. The number of nitrogens with zero attached hydrogens (tertiary/aromatic N) is 1. The number of aliphatic carboxylic acids is 1. The third kappa shape index (κ3) is 4.78. The van der Waals surface area contributed by atoms with Crippen molar-refractivity contribution in [3.05, 3.63) is 46.4 Å². The minimum absolute atomic E-state index is 0.100. The Morgan fingerprint density at radius 3 is 2.40 bits per heavy atom. The van der Waals surface area contributed by atoms with Gasteiger partial charge in [-0.2, -0.15) is 0 Å². The second kappa shape index (κ2) is 7.51. The number of ether oxygens (including phenoxy) is 1. The SMILES string of the molecule is CN(c1ccc(S(C)(=O)=O)cc1Cl)c1cc(Cl)ccc1OCC(=O)O. The molecular weight excluding hydrogens is 389 g/mol. The molecule has 0 aliphatic heterocycles. The summed E-state index contributed by atoms with van der Waals surface area (Å²) in [7, 11) is -1.70. The van der Waals surface area contributed by atoms with Gasteiger partial charge in [-0.25, -0.2) is 13.2 Å². The van der Waals surface area contributed by atoms with E-state index in [2.05, 4.69) is 0 Å². The zero-order valence-corrected chi connectivity index (χ0v) is 15.7. The molecule has 0 spiro atoms. The lowest BCUT2D eigenvalue weighted by atomic mass is 10.2. The van der Waals surface area contributed by atoms with Crippen LogP contribution in [0.15, 0.2) is 41.3 Å². The van der Waals surface area contributed by atoms with Gasteiger partial charge in [0, 0.05) is 18.3 Å². The van der Waals surface area contributed by atoms with Gasteiger partial charge >= 0.3 is 5.97 Å². The number of carbonyl (C=O) groups is 1. The molecule has 0 amide bonds. The topological polar surface area (TPSA) is 83.9 Å². The summed E-state index contributed by atoms with van der Waals surface area (Å²) in [6.45, 7) is -0.511. The van der Waals surface area contributed by atoms with Crippen LogP contribution >= 0.6 is 23.2 Å². The van der Waals surface area contributed by atoms with Crippen molar-refractivity contribution in [1.82, 2.24) is 0 Å². The van der Waals surface area contributed by atoms with Crippen molar-refractivity contribution >= 4 is 50.4 Å². The Balaban J connectivity index is 2.45. The molecule has 25 heavy (non-hydrogen) atoms. The highest BCUT2D eigenvalue weighted by atomic mass is 35.5. The number of hydrogen-bond donors (Lipinski definition) is 1. The molecule has 134 valence electrons. The fourth-order valence-electron chi connectivity index (χ4n) is 2.13. The predicted molar refractivity (Wildman–Crippen MR) is 97.2 cm³/mol. The standard InChI is InChI=1S/C16H15Cl2NO5S/c1-19(13-5-4-11(8-12(13)18)25(2,22)23)14-7-10(17)3-6-15(14)24-9-16(20)21/h3-8H,9H2,1-2H3,(H,20,21). The molecule has 0 heterocycles. The Labute approximate surface area is 155 Å². The molecule has 0 radical (unpaired) electrons. The van der Waals surface area contributed by atoms with Crippen molar-refractivity contribution in [2.75, 3.05) is 24.8 Å². The number of sulfone groups is 1. The Hall–Kier alpha value is -1.96. The normalized spacial score (nSPS) is 11.2. The van der Waals surface area contributed by atoms with Crippen LogP contribution in [0.5, 0.6) is 5.75 Å². The molecule has 6 nitrogen and oxygen atoms in total. The average Bonchev–Trinajstić information content (AvgIpc) is 2.52.